The molecule has 1 aliphatic rings. The van der Waals surface area contributed by atoms with Gasteiger partial charge < -0.3 is 4.90 Å². The van der Waals surface area contributed by atoms with Gasteiger partial charge in [0, 0.05) is 42.6 Å². The van der Waals surface area contributed by atoms with Gasteiger partial charge in [0.05, 0.1) is 4.90 Å². The fourth-order valence-electron chi connectivity index (χ4n) is 6.10. The summed E-state index contributed by atoms with van der Waals surface area (Å²) in [6.07, 6.45) is 1.75. The second-order valence-corrected chi connectivity index (χ2v) is 14.0. The van der Waals surface area contributed by atoms with Gasteiger partial charge in [0.25, 0.3) is 5.91 Å². The highest BCUT2D eigenvalue weighted by Crippen LogP contribution is 2.28. The molecule has 1 fully saturated rings. The van der Waals surface area contributed by atoms with E-state index in [1.807, 2.05) is 67.6 Å². The van der Waals surface area contributed by atoms with Gasteiger partial charge in [0.2, 0.25) is 10.0 Å². The van der Waals surface area contributed by atoms with Crippen molar-refractivity contribution in [1.29, 1.82) is 0 Å². The van der Waals surface area contributed by atoms with Crippen LogP contribution in [0.4, 0.5) is 0 Å². The summed E-state index contributed by atoms with van der Waals surface area (Å²) < 4.78 is 29.5. The molecule has 4 aromatic rings. The molecule has 0 spiro atoms. The van der Waals surface area contributed by atoms with Crippen molar-refractivity contribution in [1.82, 2.24) is 9.62 Å². The first kappa shape index (κ1) is 32.3. The first-order chi connectivity index (χ1) is 21.6. The Morgan fingerprint density at radius 2 is 1.38 bits per heavy atom. The second-order valence-electron chi connectivity index (χ2n) is 12.2. The SMILES string of the molecule is Cc1ccc(S(=O)(=O)NCCC(c2ccccc2)c2ccccc2)cc1C(=O)N1CCC(C(=O)c2ccc(C(C)C)cc2)CC1. The molecule has 0 unspecified atom stereocenters. The molecule has 0 saturated carbocycles. The van der Waals surface area contributed by atoms with Gasteiger partial charge in [-0.1, -0.05) is 105 Å². The lowest BCUT2D eigenvalue weighted by molar-refractivity contribution is 0.0649. The Morgan fingerprint density at radius 3 is 1.93 bits per heavy atom. The monoisotopic (exact) mass is 622 g/mol. The Bertz CT molecular complexity index is 1670. The average molecular weight is 623 g/mol. The van der Waals surface area contributed by atoms with Crippen molar-refractivity contribution in [2.75, 3.05) is 19.6 Å². The molecular weight excluding hydrogens is 580 g/mol. The van der Waals surface area contributed by atoms with Gasteiger partial charge in [0.1, 0.15) is 0 Å². The number of carbonyl (C=O) groups excluding carboxylic acids is 2. The van der Waals surface area contributed by atoms with E-state index in [1.165, 1.54) is 11.6 Å². The molecule has 234 valence electrons. The number of nitrogens with zero attached hydrogens (tertiary/aromatic N) is 1. The van der Waals surface area contributed by atoms with Gasteiger partial charge in [0.15, 0.2) is 5.78 Å². The number of hydrogen-bond acceptors (Lipinski definition) is 4. The highest BCUT2D eigenvalue weighted by Gasteiger charge is 2.30. The Hall–Kier alpha value is -4.07. The van der Waals surface area contributed by atoms with Crippen molar-refractivity contribution in [3.05, 3.63) is 137 Å². The van der Waals surface area contributed by atoms with Crippen LogP contribution >= 0.6 is 0 Å². The summed E-state index contributed by atoms with van der Waals surface area (Å²) in [5.41, 5.74) is 5.25. The molecule has 7 heteroatoms. The van der Waals surface area contributed by atoms with Crippen molar-refractivity contribution in [3.63, 3.8) is 0 Å². The normalized spacial score (nSPS) is 14.2. The molecular formula is C38H42N2O4S. The summed E-state index contributed by atoms with van der Waals surface area (Å²) in [4.78, 5) is 28.5. The molecule has 6 nitrogen and oxygen atoms in total. The van der Waals surface area contributed by atoms with Crippen LogP contribution in [0.25, 0.3) is 0 Å². The number of rotatable bonds is 11. The largest absolute Gasteiger partial charge is 0.339 e. The highest BCUT2D eigenvalue weighted by molar-refractivity contribution is 7.89. The molecule has 1 saturated heterocycles. The summed E-state index contributed by atoms with van der Waals surface area (Å²) in [5, 5.41) is 0. The molecule has 0 bridgehead atoms. The van der Waals surface area contributed by atoms with E-state index in [0.29, 0.717) is 49.4 Å². The third-order valence-corrected chi connectivity index (χ3v) is 10.4. The number of likely N-dealkylation sites (tertiary alicyclic amines) is 1. The fourth-order valence-corrected chi connectivity index (χ4v) is 7.17. The highest BCUT2D eigenvalue weighted by atomic mass is 32.2. The standard InChI is InChI=1S/C38H42N2O4S/c1-27(2)29-15-17-32(18-16-29)37(41)33-21-24-40(25-22-33)38(42)36-26-34(19-14-28(36)3)45(43,44)39-23-20-35(30-10-6-4-7-11-30)31-12-8-5-9-13-31/h4-19,26-27,33,35,39H,20-25H2,1-3H3. The van der Waals surface area contributed by atoms with E-state index in [4.69, 9.17) is 0 Å². The maximum absolute atomic E-state index is 13.6. The predicted molar refractivity (Wildman–Crippen MR) is 179 cm³/mol. The number of ketones is 1. The van der Waals surface area contributed by atoms with Crippen LogP contribution < -0.4 is 4.72 Å². The molecule has 1 N–H and O–H groups in total. The molecule has 5 rings (SSSR count). The minimum absolute atomic E-state index is 0.0412. The van der Waals surface area contributed by atoms with Crippen molar-refractivity contribution < 1.29 is 18.0 Å². The van der Waals surface area contributed by atoms with E-state index in [2.05, 4.69) is 42.8 Å². The van der Waals surface area contributed by atoms with Crippen LogP contribution in [-0.2, 0) is 10.0 Å². The van der Waals surface area contributed by atoms with Crippen LogP contribution in [0.5, 0.6) is 0 Å². The van der Waals surface area contributed by atoms with Gasteiger partial charge in [-0.15, -0.1) is 0 Å². The molecule has 0 atom stereocenters. The Labute approximate surface area is 267 Å². The third-order valence-electron chi connectivity index (χ3n) is 8.89. The zero-order valence-electron chi connectivity index (χ0n) is 26.3. The Kier molecular flexibility index (Phi) is 10.3. The fraction of sp³-hybridized carbons (Fsp3) is 0.316. The number of amides is 1. The van der Waals surface area contributed by atoms with Crippen molar-refractivity contribution in [3.8, 4) is 0 Å². The lowest BCUT2D eigenvalue weighted by Gasteiger charge is -2.32. The number of piperidine rings is 1. The van der Waals surface area contributed by atoms with Gasteiger partial charge in [-0.2, -0.15) is 0 Å². The van der Waals surface area contributed by atoms with Crippen LogP contribution in [0.15, 0.2) is 108 Å². The van der Waals surface area contributed by atoms with Crippen LogP contribution in [-0.4, -0.2) is 44.6 Å². The number of sulfonamides is 1. The molecule has 45 heavy (non-hydrogen) atoms. The maximum Gasteiger partial charge on any atom is 0.254 e. The number of carbonyl (C=O) groups is 2. The van der Waals surface area contributed by atoms with Crippen LogP contribution in [0, 0.1) is 12.8 Å². The van der Waals surface area contributed by atoms with E-state index in [0.717, 1.165) is 16.7 Å². The van der Waals surface area contributed by atoms with E-state index in [-0.39, 0.29) is 35.0 Å². The van der Waals surface area contributed by atoms with Crippen molar-refractivity contribution in [2.24, 2.45) is 5.92 Å². The summed E-state index contributed by atoms with van der Waals surface area (Å²) in [6, 6.07) is 32.7. The molecule has 0 aromatic heterocycles. The van der Waals surface area contributed by atoms with Gasteiger partial charge in [-0.3, -0.25) is 9.59 Å². The first-order valence-corrected chi connectivity index (χ1v) is 17.3. The smallest absolute Gasteiger partial charge is 0.254 e. The predicted octanol–water partition coefficient (Wildman–Crippen LogP) is 7.35. The van der Waals surface area contributed by atoms with Crippen LogP contribution in [0.2, 0.25) is 0 Å². The number of hydrogen-bond donors (Lipinski definition) is 1. The topological polar surface area (TPSA) is 83.6 Å². The molecule has 1 amide bonds. The summed E-state index contributed by atoms with van der Waals surface area (Å²) in [6.45, 7) is 7.22. The number of aryl methyl sites for hydroxylation is 1. The second kappa shape index (κ2) is 14.4. The van der Waals surface area contributed by atoms with Crippen molar-refractivity contribution in [2.45, 2.75) is 56.8 Å². The number of benzene rings is 4. The number of nitrogens with one attached hydrogen (secondary N) is 1. The van der Waals surface area contributed by atoms with E-state index < -0.39 is 10.0 Å². The molecule has 4 aromatic carbocycles. The van der Waals surface area contributed by atoms with Gasteiger partial charge in [-0.05, 0) is 66.5 Å². The Morgan fingerprint density at radius 1 is 0.800 bits per heavy atom. The molecule has 1 aliphatic heterocycles. The molecule has 0 aliphatic carbocycles. The molecule has 1 heterocycles. The van der Waals surface area contributed by atoms with E-state index in [1.54, 1.807) is 17.0 Å². The first-order valence-electron chi connectivity index (χ1n) is 15.8. The number of Topliss-reactive ketones (excluding diaryl/α,β-unsaturated/α-hetero) is 1. The minimum Gasteiger partial charge on any atom is -0.339 e. The Balaban J connectivity index is 1.22. The summed E-state index contributed by atoms with van der Waals surface area (Å²) in [7, 11) is -3.85. The quantitative estimate of drug-likeness (QED) is 0.177. The third kappa shape index (κ3) is 7.78. The summed E-state index contributed by atoms with van der Waals surface area (Å²) >= 11 is 0. The lowest BCUT2D eigenvalue weighted by atomic mass is 9.88. The maximum atomic E-state index is 13.6. The average Bonchev–Trinajstić information content (AvgIpc) is 3.07. The van der Waals surface area contributed by atoms with E-state index >= 15 is 0 Å². The minimum atomic E-state index is -3.85. The van der Waals surface area contributed by atoms with Gasteiger partial charge in [-0.25, -0.2) is 13.1 Å². The summed E-state index contributed by atoms with van der Waals surface area (Å²) in [5.74, 6) is 0.230. The lowest BCUT2D eigenvalue weighted by Crippen LogP contribution is -2.40. The molecule has 0 radical (unpaired) electrons. The zero-order chi connectivity index (χ0) is 32.0. The van der Waals surface area contributed by atoms with Crippen molar-refractivity contribution >= 4 is 21.7 Å². The zero-order valence-corrected chi connectivity index (χ0v) is 27.1. The van der Waals surface area contributed by atoms with Crippen LogP contribution in [0.3, 0.4) is 0 Å². The van der Waals surface area contributed by atoms with E-state index in [9.17, 15) is 18.0 Å². The van der Waals surface area contributed by atoms with Crippen LogP contribution in [0.1, 0.15) is 87.9 Å². The van der Waals surface area contributed by atoms with Gasteiger partial charge >= 0.3 is 0 Å².